The molecule has 0 saturated heterocycles. The lowest BCUT2D eigenvalue weighted by molar-refractivity contribution is -0.384. The molecular formula is C13H17N3O4S. The van der Waals surface area contributed by atoms with Gasteiger partial charge in [0.25, 0.3) is 5.69 Å². The van der Waals surface area contributed by atoms with Crippen molar-refractivity contribution in [3.05, 3.63) is 27.8 Å². The predicted octanol–water partition coefficient (Wildman–Crippen LogP) is 1.66. The van der Waals surface area contributed by atoms with Crippen molar-refractivity contribution in [2.24, 2.45) is 0 Å². The Bertz CT molecular complexity index is 603. The first-order valence-electron chi connectivity index (χ1n) is 6.62. The number of nitro benzene ring substituents is 1. The number of nitrogens with one attached hydrogen (secondary N) is 2. The zero-order chi connectivity index (χ0) is 15.4. The Labute approximate surface area is 124 Å². The number of anilines is 2. The molecular weight excluding hydrogens is 294 g/mol. The van der Waals surface area contributed by atoms with Crippen molar-refractivity contribution in [3.63, 3.8) is 0 Å². The highest BCUT2D eigenvalue weighted by molar-refractivity contribution is 7.84. The predicted molar refractivity (Wildman–Crippen MR) is 82.1 cm³/mol. The van der Waals surface area contributed by atoms with Gasteiger partial charge in [-0.1, -0.05) is 0 Å². The molecule has 2 rings (SSSR count). The van der Waals surface area contributed by atoms with Crippen LogP contribution in [0.4, 0.5) is 17.1 Å². The lowest BCUT2D eigenvalue weighted by Crippen LogP contribution is -2.19. The van der Waals surface area contributed by atoms with Gasteiger partial charge in [-0.2, -0.15) is 0 Å². The number of amides is 1. The van der Waals surface area contributed by atoms with E-state index in [1.165, 1.54) is 6.07 Å². The van der Waals surface area contributed by atoms with Gasteiger partial charge in [0.1, 0.15) is 5.69 Å². The number of carbonyl (C=O) groups is 1. The minimum Gasteiger partial charge on any atom is -0.379 e. The second-order valence-electron chi connectivity index (χ2n) is 4.89. The van der Waals surface area contributed by atoms with E-state index in [4.69, 9.17) is 0 Å². The Balaban J connectivity index is 2.17. The second-order valence-corrected chi connectivity index (χ2v) is 6.44. The number of carbonyl (C=O) groups excluding carboxylic acids is 1. The topological polar surface area (TPSA) is 101 Å². The molecule has 1 atom stereocenters. The summed E-state index contributed by atoms with van der Waals surface area (Å²) < 4.78 is 11.0. The van der Waals surface area contributed by atoms with Crippen LogP contribution in [0.1, 0.15) is 18.4 Å². The first-order chi connectivity index (χ1) is 9.97. The molecule has 7 nitrogen and oxygen atoms in total. The highest BCUT2D eigenvalue weighted by atomic mass is 32.2. The summed E-state index contributed by atoms with van der Waals surface area (Å²) in [5.41, 5.74) is 1.78. The van der Waals surface area contributed by atoms with Crippen LogP contribution >= 0.6 is 0 Å². The summed E-state index contributed by atoms with van der Waals surface area (Å²) in [5.74, 6) is 0.464. The minimum atomic E-state index is -0.875. The third-order valence-electron chi connectivity index (χ3n) is 3.24. The van der Waals surface area contributed by atoms with Gasteiger partial charge in [-0.25, -0.2) is 0 Å². The summed E-state index contributed by atoms with van der Waals surface area (Å²) in [6.07, 6.45) is 3.14. The van der Waals surface area contributed by atoms with Crippen LogP contribution in [0.3, 0.4) is 0 Å². The number of nitrogens with zero attached hydrogens (tertiary/aromatic N) is 1. The smallest absolute Gasteiger partial charge is 0.292 e. The Morgan fingerprint density at radius 3 is 2.86 bits per heavy atom. The highest BCUT2D eigenvalue weighted by Gasteiger charge is 2.22. The van der Waals surface area contributed by atoms with E-state index in [0.717, 1.165) is 5.56 Å². The van der Waals surface area contributed by atoms with Crippen molar-refractivity contribution < 1.29 is 13.9 Å². The van der Waals surface area contributed by atoms with E-state index < -0.39 is 15.7 Å². The summed E-state index contributed by atoms with van der Waals surface area (Å²) in [6, 6.07) is 3.11. The van der Waals surface area contributed by atoms with Crippen molar-refractivity contribution in [2.75, 3.05) is 29.2 Å². The maximum atomic E-state index is 11.4. The molecule has 0 fully saturated rings. The molecule has 1 aromatic carbocycles. The molecule has 114 valence electrons. The number of fused-ring (bicyclic) bond motifs is 1. The van der Waals surface area contributed by atoms with E-state index in [-0.39, 0.29) is 11.6 Å². The Morgan fingerprint density at radius 2 is 2.19 bits per heavy atom. The average Bonchev–Trinajstić information content (AvgIpc) is 2.42. The average molecular weight is 311 g/mol. The van der Waals surface area contributed by atoms with Gasteiger partial charge in [-0.05, 0) is 24.5 Å². The van der Waals surface area contributed by atoms with Gasteiger partial charge in [0.15, 0.2) is 0 Å². The SMILES string of the molecule is CS(=O)CCCNc1cc2c(cc1[N+](=O)[O-])CCC(=O)N2. The zero-order valence-electron chi connectivity index (χ0n) is 11.7. The molecule has 0 aliphatic carbocycles. The van der Waals surface area contributed by atoms with Gasteiger partial charge in [0, 0.05) is 47.5 Å². The van der Waals surface area contributed by atoms with E-state index in [1.807, 2.05) is 0 Å². The van der Waals surface area contributed by atoms with Crippen molar-refractivity contribution in [1.82, 2.24) is 0 Å². The Kier molecular flexibility index (Phi) is 4.89. The summed E-state index contributed by atoms with van der Waals surface area (Å²) >= 11 is 0. The standard InChI is InChI=1S/C13H17N3O4S/c1-21(20)6-2-5-14-11-8-10-9(3-4-13(17)15-10)7-12(11)16(18)19/h7-8,14H,2-6H2,1H3,(H,15,17). The molecule has 1 heterocycles. The van der Waals surface area contributed by atoms with Gasteiger partial charge in [-0.3, -0.25) is 19.1 Å². The molecule has 0 saturated carbocycles. The molecule has 0 spiro atoms. The summed E-state index contributed by atoms with van der Waals surface area (Å²) in [5, 5.41) is 16.9. The molecule has 1 aliphatic heterocycles. The Hall–Kier alpha value is -1.96. The van der Waals surface area contributed by atoms with Crippen LogP contribution in [0.2, 0.25) is 0 Å². The van der Waals surface area contributed by atoms with Crippen LogP contribution < -0.4 is 10.6 Å². The fourth-order valence-electron chi connectivity index (χ4n) is 2.21. The number of hydrogen-bond acceptors (Lipinski definition) is 5. The van der Waals surface area contributed by atoms with Crippen molar-refractivity contribution in [2.45, 2.75) is 19.3 Å². The lowest BCUT2D eigenvalue weighted by Gasteiger charge is -2.18. The zero-order valence-corrected chi connectivity index (χ0v) is 12.5. The van der Waals surface area contributed by atoms with E-state index in [2.05, 4.69) is 10.6 Å². The molecule has 1 aromatic rings. The quantitative estimate of drug-likeness (QED) is 0.472. The maximum Gasteiger partial charge on any atom is 0.292 e. The molecule has 0 radical (unpaired) electrons. The molecule has 1 unspecified atom stereocenters. The van der Waals surface area contributed by atoms with E-state index in [0.29, 0.717) is 42.9 Å². The van der Waals surface area contributed by atoms with E-state index >= 15 is 0 Å². The largest absolute Gasteiger partial charge is 0.379 e. The number of rotatable bonds is 6. The fraction of sp³-hybridized carbons (Fsp3) is 0.462. The first-order valence-corrected chi connectivity index (χ1v) is 8.35. The monoisotopic (exact) mass is 311 g/mol. The van der Waals surface area contributed by atoms with E-state index in [1.54, 1.807) is 12.3 Å². The maximum absolute atomic E-state index is 11.4. The molecule has 21 heavy (non-hydrogen) atoms. The van der Waals surface area contributed by atoms with Gasteiger partial charge in [0.2, 0.25) is 5.91 Å². The van der Waals surface area contributed by atoms with Crippen molar-refractivity contribution >= 4 is 33.8 Å². The van der Waals surface area contributed by atoms with Crippen LogP contribution in [0.15, 0.2) is 12.1 Å². The van der Waals surface area contributed by atoms with Gasteiger partial charge in [0.05, 0.1) is 4.92 Å². The number of benzene rings is 1. The molecule has 8 heteroatoms. The molecule has 1 aliphatic rings. The van der Waals surface area contributed by atoms with Gasteiger partial charge < -0.3 is 10.6 Å². The molecule has 0 bridgehead atoms. The number of aryl methyl sites for hydroxylation is 1. The van der Waals surface area contributed by atoms with Crippen LogP contribution in [0.25, 0.3) is 0 Å². The van der Waals surface area contributed by atoms with Gasteiger partial charge >= 0.3 is 0 Å². The Morgan fingerprint density at radius 1 is 1.43 bits per heavy atom. The van der Waals surface area contributed by atoms with Crippen LogP contribution in [-0.4, -0.2) is 33.6 Å². The number of hydrogen-bond donors (Lipinski definition) is 2. The second kappa shape index (κ2) is 6.66. The van der Waals surface area contributed by atoms with E-state index in [9.17, 15) is 19.1 Å². The van der Waals surface area contributed by atoms with Crippen LogP contribution in [0.5, 0.6) is 0 Å². The lowest BCUT2D eigenvalue weighted by atomic mass is 10.0. The minimum absolute atomic E-state index is 0.00233. The summed E-state index contributed by atoms with van der Waals surface area (Å²) in [4.78, 5) is 22.1. The highest BCUT2D eigenvalue weighted by Crippen LogP contribution is 2.34. The van der Waals surface area contributed by atoms with Crippen molar-refractivity contribution in [1.29, 1.82) is 0 Å². The van der Waals surface area contributed by atoms with Crippen molar-refractivity contribution in [3.8, 4) is 0 Å². The third-order valence-corrected chi connectivity index (χ3v) is 4.10. The fourth-order valence-corrected chi connectivity index (χ4v) is 2.76. The summed E-state index contributed by atoms with van der Waals surface area (Å²) in [6.45, 7) is 0.493. The number of nitro groups is 1. The van der Waals surface area contributed by atoms with Crippen LogP contribution in [-0.2, 0) is 22.0 Å². The third kappa shape index (κ3) is 4.01. The first kappa shape index (κ1) is 15.4. The molecule has 1 amide bonds. The van der Waals surface area contributed by atoms with Gasteiger partial charge in [-0.15, -0.1) is 0 Å². The normalized spacial score (nSPS) is 15.0. The summed E-state index contributed by atoms with van der Waals surface area (Å²) in [7, 11) is -0.875. The molecule has 2 N–H and O–H groups in total. The molecule has 0 aromatic heterocycles. The van der Waals surface area contributed by atoms with Crippen LogP contribution in [0, 0.1) is 10.1 Å².